The van der Waals surface area contributed by atoms with E-state index in [1.165, 1.54) is 24.0 Å². The van der Waals surface area contributed by atoms with Crippen molar-refractivity contribution in [2.75, 3.05) is 13.1 Å². The molecular weight excluding hydrogens is 236 g/mol. The van der Waals surface area contributed by atoms with Gasteiger partial charge in [-0.15, -0.1) is 0 Å². The first-order chi connectivity index (χ1) is 9.34. The molecule has 1 aliphatic carbocycles. The fourth-order valence-corrected chi connectivity index (χ4v) is 3.28. The average molecular weight is 256 g/mol. The monoisotopic (exact) mass is 256 g/mol. The predicted molar refractivity (Wildman–Crippen MR) is 74.9 cm³/mol. The molecule has 0 atom stereocenters. The van der Waals surface area contributed by atoms with E-state index in [0.29, 0.717) is 5.92 Å². The summed E-state index contributed by atoms with van der Waals surface area (Å²) in [5.74, 6) is 0.683. The summed E-state index contributed by atoms with van der Waals surface area (Å²) in [6.07, 6.45) is 7.31. The fraction of sp³-hybridized carbons (Fsp3) is 0.562. The molecule has 1 saturated carbocycles. The molecular formula is C16H20N2O. The van der Waals surface area contributed by atoms with Gasteiger partial charge in [-0.25, -0.2) is 4.79 Å². The van der Waals surface area contributed by atoms with Gasteiger partial charge >= 0.3 is 0 Å². The number of hydrogen-bond donors (Lipinski definition) is 1. The molecule has 0 radical (unpaired) electrons. The van der Waals surface area contributed by atoms with Gasteiger partial charge in [0.15, 0.2) is 0 Å². The Morgan fingerprint density at radius 3 is 2.37 bits per heavy atom. The smallest absolute Gasteiger partial charge is 0.235 e. The van der Waals surface area contributed by atoms with Crippen LogP contribution in [0.15, 0.2) is 29.3 Å². The second-order valence-corrected chi connectivity index (χ2v) is 5.73. The third-order valence-corrected chi connectivity index (χ3v) is 4.70. The van der Waals surface area contributed by atoms with Gasteiger partial charge in [0.25, 0.3) is 0 Å². The molecule has 3 rings (SSSR count). The van der Waals surface area contributed by atoms with E-state index >= 15 is 0 Å². The lowest BCUT2D eigenvalue weighted by Gasteiger charge is -2.37. The van der Waals surface area contributed by atoms with Crippen LogP contribution in [0, 0.1) is 0 Å². The van der Waals surface area contributed by atoms with Crippen molar-refractivity contribution < 1.29 is 4.79 Å². The minimum absolute atomic E-state index is 0.256. The summed E-state index contributed by atoms with van der Waals surface area (Å²) in [4.78, 5) is 14.7. The molecule has 19 heavy (non-hydrogen) atoms. The molecule has 2 aliphatic rings. The number of rotatable bonds is 3. The molecule has 3 nitrogen and oxygen atoms in total. The Hall–Kier alpha value is -1.44. The molecule has 1 heterocycles. The van der Waals surface area contributed by atoms with Crippen molar-refractivity contribution in [2.24, 2.45) is 4.99 Å². The fourth-order valence-electron chi connectivity index (χ4n) is 3.28. The summed E-state index contributed by atoms with van der Waals surface area (Å²) in [7, 11) is 0. The molecule has 0 amide bonds. The maximum atomic E-state index is 10.6. The van der Waals surface area contributed by atoms with Crippen LogP contribution in [0.25, 0.3) is 0 Å². The second-order valence-electron chi connectivity index (χ2n) is 5.73. The third kappa shape index (κ3) is 2.36. The summed E-state index contributed by atoms with van der Waals surface area (Å²) < 4.78 is 0. The first kappa shape index (κ1) is 12.6. The molecule has 1 saturated heterocycles. The number of nitrogens with zero attached hydrogens (tertiary/aromatic N) is 1. The zero-order chi connectivity index (χ0) is 13.1. The number of benzene rings is 1. The van der Waals surface area contributed by atoms with Crippen LogP contribution in [0.5, 0.6) is 0 Å². The zero-order valence-electron chi connectivity index (χ0n) is 11.2. The van der Waals surface area contributed by atoms with E-state index in [0.717, 1.165) is 32.4 Å². The number of nitrogens with one attached hydrogen (secondary N) is 1. The third-order valence-electron chi connectivity index (χ3n) is 4.70. The van der Waals surface area contributed by atoms with Crippen LogP contribution >= 0.6 is 0 Å². The molecule has 0 bridgehead atoms. The van der Waals surface area contributed by atoms with Crippen molar-refractivity contribution in [3.63, 3.8) is 0 Å². The minimum atomic E-state index is -0.256. The lowest BCUT2D eigenvalue weighted by atomic mass is 9.72. The van der Waals surface area contributed by atoms with Crippen molar-refractivity contribution in [3.8, 4) is 0 Å². The molecule has 100 valence electrons. The Morgan fingerprint density at radius 2 is 1.84 bits per heavy atom. The van der Waals surface area contributed by atoms with Crippen molar-refractivity contribution in [1.82, 2.24) is 5.32 Å². The van der Waals surface area contributed by atoms with Gasteiger partial charge in [0, 0.05) is 0 Å². The van der Waals surface area contributed by atoms with Crippen LogP contribution in [-0.4, -0.2) is 19.2 Å². The molecule has 1 aliphatic heterocycles. The highest BCUT2D eigenvalue weighted by Crippen LogP contribution is 2.45. The molecule has 1 aromatic rings. The first-order valence-electron chi connectivity index (χ1n) is 7.24. The van der Waals surface area contributed by atoms with E-state index in [-0.39, 0.29) is 5.54 Å². The lowest BCUT2D eigenvalue weighted by Crippen LogP contribution is -2.32. The van der Waals surface area contributed by atoms with Crippen LogP contribution in [0.1, 0.15) is 49.1 Å². The van der Waals surface area contributed by atoms with Gasteiger partial charge in [-0.05, 0) is 62.2 Å². The number of hydrogen-bond acceptors (Lipinski definition) is 3. The number of carbonyl (C=O) groups excluding carboxylic acids is 1. The molecule has 0 unspecified atom stereocenters. The number of aliphatic imine (C=N–C) groups is 1. The summed E-state index contributed by atoms with van der Waals surface area (Å²) in [6, 6.07) is 8.78. The Morgan fingerprint density at radius 1 is 1.16 bits per heavy atom. The van der Waals surface area contributed by atoms with Gasteiger partial charge in [-0.2, -0.15) is 4.99 Å². The summed E-state index contributed by atoms with van der Waals surface area (Å²) in [6.45, 7) is 2.23. The van der Waals surface area contributed by atoms with Gasteiger partial charge in [-0.3, -0.25) is 0 Å². The number of isocyanates is 1. The highest BCUT2D eigenvalue weighted by molar-refractivity contribution is 5.40. The van der Waals surface area contributed by atoms with E-state index in [4.69, 9.17) is 0 Å². The van der Waals surface area contributed by atoms with E-state index < -0.39 is 0 Å². The Kier molecular flexibility index (Phi) is 3.50. The quantitative estimate of drug-likeness (QED) is 0.667. The zero-order valence-corrected chi connectivity index (χ0v) is 11.2. The average Bonchev–Trinajstić information content (AvgIpc) is 2.44. The molecule has 1 aromatic carbocycles. The van der Waals surface area contributed by atoms with Gasteiger partial charge in [-0.1, -0.05) is 24.3 Å². The Labute approximate surface area is 114 Å². The van der Waals surface area contributed by atoms with Crippen molar-refractivity contribution in [3.05, 3.63) is 35.4 Å². The summed E-state index contributed by atoms with van der Waals surface area (Å²) in [5.41, 5.74) is 2.35. The van der Waals surface area contributed by atoms with Crippen LogP contribution in [0.2, 0.25) is 0 Å². The molecule has 0 spiro atoms. The van der Waals surface area contributed by atoms with Crippen LogP contribution in [0.4, 0.5) is 0 Å². The summed E-state index contributed by atoms with van der Waals surface area (Å²) >= 11 is 0. The van der Waals surface area contributed by atoms with Crippen LogP contribution in [-0.2, 0) is 10.3 Å². The van der Waals surface area contributed by atoms with E-state index in [1.807, 2.05) is 0 Å². The van der Waals surface area contributed by atoms with E-state index in [1.54, 1.807) is 6.08 Å². The normalized spacial score (nSPS) is 22.3. The van der Waals surface area contributed by atoms with Gasteiger partial charge < -0.3 is 5.32 Å². The SMILES string of the molecule is O=C=NC1(c2ccc(C3CCNCC3)cc2)CCC1. The van der Waals surface area contributed by atoms with Gasteiger partial charge in [0.1, 0.15) is 0 Å². The molecule has 1 N–H and O–H groups in total. The van der Waals surface area contributed by atoms with E-state index in [9.17, 15) is 4.79 Å². The maximum absolute atomic E-state index is 10.6. The summed E-state index contributed by atoms with van der Waals surface area (Å²) in [5, 5.41) is 3.40. The standard InChI is InChI=1S/C16H20N2O/c19-12-18-16(8-1-9-16)15-4-2-13(3-5-15)14-6-10-17-11-7-14/h2-5,14,17H,1,6-11H2. The van der Waals surface area contributed by atoms with Gasteiger partial charge in [0.2, 0.25) is 6.08 Å². The predicted octanol–water partition coefficient (Wildman–Crippen LogP) is 2.87. The largest absolute Gasteiger partial charge is 0.317 e. The lowest BCUT2D eigenvalue weighted by molar-refractivity contribution is 0.256. The van der Waals surface area contributed by atoms with Crippen molar-refractivity contribution in [2.45, 2.75) is 43.6 Å². The van der Waals surface area contributed by atoms with Crippen molar-refractivity contribution >= 4 is 6.08 Å². The van der Waals surface area contributed by atoms with E-state index in [2.05, 4.69) is 34.6 Å². The minimum Gasteiger partial charge on any atom is -0.317 e. The Bertz CT molecular complexity index is 478. The highest BCUT2D eigenvalue weighted by Gasteiger charge is 2.38. The molecule has 3 heteroatoms. The number of piperidine rings is 1. The topological polar surface area (TPSA) is 41.5 Å². The maximum Gasteiger partial charge on any atom is 0.235 e. The molecule has 0 aromatic heterocycles. The Balaban J connectivity index is 1.80. The first-order valence-corrected chi connectivity index (χ1v) is 7.24. The highest BCUT2D eigenvalue weighted by atomic mass is 16.1. The molecule has 2 fully saturated rings. The van der Waals surface area contributed by atoms with Crippen LogP contribution < -0.4 is 5.32 Å². The van der Waals surface area contributed by atoms with Gasteiger partial charge in [0.05, 0.1) is 5.54 Å². The second kappa shape index (κ2) is 5.28. The van der Waals surface area contributed by atoms with Crippen molar-refractivity contribution in [1.29, 1.82) is 0 Å². The van der Waals surface area contributed by atoms with Crippen LogP contribution in [0.3, 0.4) is 0 Å².